The van der Waals surface area contributed by atoms with Gasteiger partial charge in [-0.25, -0.2) is 9.67 Å². The van der Waals surface area contributed by atoms with E-state index in [1.165, 1.54) is 6.33 Å². The number of piperazine rings is 1. The average Bonchev–Trinajstić information content (AvgIpc) is 3.33. The standard InChI is InChI=1S/C19H21N7O3/c1-28-15-4-2-3-5-16(15)29-12-19(27)25-10-8-24(9-11-25)17-6-7-18(23-22-17)26-14-20-13-21-26/h2-7,13-14H,8-12H2,1H3. The van der Waals surface area contributed by atoms with Gasteiger partial charge in [0.1, 0.15) is 12.7 Å². The van der Waals surface area contributed by atoms with Gasteiger partial charge >= 0.3 is 0 Å². The van der Waals surface area contributed by atoms with Crippen LogP contribution in [0.5, 0.6) is 11.5 Å². The Morgan fingerprint density at radius 3 is 2.38 bits per heavy atom. The van der Waals surface area contributed by atoms with Crippen molar-refractivity contribution in [1.29, 1.82) is 0 Å². The molecule has 1 aliphatic heterocycles. The van der Waals surface area contributed by atoms with Crippen molar-refractivity contribution in [3.05, 3.63) is 49.1 Å². The van der Waals surface area contributed by atoms with E-state index in [1.807, 2.05) is 24.3 Å². The van der Waals surface area contributed by atoms with Crippen molar-refractivity contribution in [2.75, 3.05) is 44.8 Å². The van der Waals surface area contributed by atoms with Gasteiger partial charge in [-0.05, 0) is 24.3 Å². The van der Waals surface area contributed by atoms with Crippen molar-refractivity contribution >= 4 is 11.7 Å². The second kappa shape index (κ2) is 8.55. The highest BCUT2D eigenvalue weighted by Crippen LogP contribution is 2.25. The van der Waals surface area contributed by atoms with E-state index < -0.39 is 0 Å². The minimum atomic E-state index is -0.0526. The highest BCUT2D eigenvalue weighted by atomic mass is 16.5. The normalized spacial score (nSPS) is 14.0. The zero-order chi connectivity index (χ0) is 20.1. The second-order valence-electron chi connectivity index (χ2n) is 6.40. The SMILES string of the molecule is COc1ccccc1OCC(=O)N1CCN(c2ccc(-n3cncn3)nn2)CC1. The average molecular weight is 395 g/mol. The Kier molecular flexibility index (Phi) is 5.50. The quantitative estimate of drug-likeness (QED) is 0.604. The second-order valence-corrected chi connectivity index (χ2v) is 6.40. The highest BCUT2D eigenvalue weighted by Gasteiger charge is 2.22. The van der Waals surface area contributed by atoms with E-state index in [-0.39, 0.29) is 12.5 Å². The summed E-state index contributed by atoms with van der Waals surface area (Å²) in [5.74, 6) is 2.49. The summed E-state index contributed by atoms with van der Waals surface area (Å²) in [6, 6.07) is 11.0. The lowest BCUT2D eigenvalue weighted by molar-refractivity contribution is -0.133. The number of aromatic nitrogens is 5. The fourth-order valence-corrected chi connectivity index (χ4v) is 3.09. The lowest BCUT2D eigenvalue weighted by Crippen LogP contribution is -2.50. The first-order chi connectivity index (χ1) is 14.2. The number of nitrogens with zero attached hydrogens (tertiary/aromatic N) is 7. The zero-order valence-corrected chi connectivity index (χ0v) is 16.0. The first-order valence-electron chi connectivity index (χ1n) is 9.22. The Morgan fingerprint density at radius 2 is 1.72 bits per heavy atom. The van der Waals surface area contributed by atoms with Crippen molar-refractivity contribution in [3.8, 4) is 17.3 Å². The molecule has 10 heteroatoms. The number of ether oxygens (including phenoxy) is 2. The monoisotopic (exact) mass is 395 g/mol. The molecule has 0 spiro atoms. The van der Waals surface area contributed by atoms with Crippen LogP contribution in [0.2, 0.25) is 0 Å². The summed E-state index contributed by atoms with van der Waals surface area (Å²) in [7, 11) is 1.57. The van der Waals surface area contributed by atoms with Crippen LogP contribution in [0.1, 0.15) is 0 Å². The fraction of sp³-hybridized carbons (Fsp3) is 0.316. The van der Waals surface area contributed by atoms with Crippen LogP contribution >= 0.6 is 0 Å². The van der Waals surface area contributed by atoms with Gasteiger partial charge in [0, 0.05) is 26.2 Å². The molecular formula is C19H21N7O3. The third-order valence-electron chi connectivity index (χ3n) is 4.67. The molecule has 1 amide bonds. The number of rotatable bonds is 6. The molecule has 0 N–H and O–H groups in total. The molecule has 0 saturated carbocycles. The molecule has 0 unspecified atom stereocenters. The van der Waals surface area contributed by atoms with Crippen molar-refractivity contribution in [2.24, 2.45) is 0 Å². The van der Waals surface area contributed by atoms with Crippen LogP contribution in [0.4, 0.5) is 5.82 Å². The Bertz CT molecular complexity index is 939. The van der Waals surface area contributed by atoms with Crippen LogP contribution in [0.3, 0.4) is 0 Å². The predicted octanol–water partition coefficient (Wildman–Crippen LogP) is 0.793. The highest BCUT2D eigenvalue weighted by molar-refractivity contribution is 5.78. The molecule has 150 valence electrons. The van der Waals surface area contributed by atoms with E-state index in [0.29, 0.717) is 43.5 Å². The van der Waals surface area contributed by atoms with Gasteiger partial charge in [0.25, 0.3) is 5.91 Å². The van der Waals surface area contributed by atoms with Gasteiger partial charge in [-0.15, -0.1) is 10.2 Å². The van der Waals surface area contributed by atoms with E-state index in [1.54, 1.807) is 35.2 Å². The summed E-state index contributed by atoms with van der Waals surface area (Å²) >= 11 is 0. The Morgan fingerprint density at radius 1 is 1.00 bits per heavy atom. The third kappa shape index (κ3) is 4.26. The maximum absolute atomic E-state index is 12.5. The maximum atomic E-state index is 12.5. The van der Waals surface area contributed by atoms with Crippen LogP contribution < -0.4 is 14.4 Å². The van der Waals surface area contributed by atoms with Crippen molar-refractivity contribution in [1.82, 2.24) is 29.9 Å². The fourth-order valence-electron chi connectivity index (χ4n) is 3.09. The summed E-state index contributed by atoms with van der Waals surface area (Å²) < 4.78 is 12.4. The lowest BCUT2D eigenvalue weighted by Gasteiger charge is -2.35. The lowest BCUT2D eigenvalue weighted by atomic mass is 10.3. The van der Waals surface area contributed by atoms with Gasteiger partial charge in [0.2, 0.25) is 0 Å². The molecule has 1 fully saturated rings. The number of methoxy groups -OCH3 is 1. The molecule has 0 bridgehead atoms. The largest absolute Gasteiger partial charge is 0.493 e. The van der Waals surface area contributed by atoms with E-state index in [0.717, 1.165) is 5.82 Å². The van der Waals surface area contributed by atoms with E-state index in [9.17, 15) is 4.79 Å². The molecule has 1 aliphatic rings. The summed E-state index contributed by atoms with van der Waals surface area (Å²) in [5, 5.41) is 12.5. The molecule has 1 aromatic carbocycles. The minimum Gasteiger partial charge on any atom is -0.493 e. The Hall–Kier alpha value is -3.69. The molecule has 0 radical (unpaired) electrons. The zero-order valence-electron chi connectivity index (χ0n) is 16.0. The number of carbonyl (C=O) groups excluding carboxylic acids is 1. The molecule has 0 atom stereocenters. The number of carbonyl (C=O) groups is 1. The van der Waals surface area contributed by atoms with Crippen molar-refractivity contribution in [3.63, 3.8) is 0 Å². The summed E-state index contributed by atoms with van der Waals surface area (Å²) in [6.07, 6.45) is 3.02. The molecule has 4 rings (SSSR count). The van der Waals surface area contributed by atoms with Crippen LogP contribution in [-0.4, -0.2) is 75.7 Å². The smallest absolute Gasteiger partial charge is 0.260 e. The Labute approximate surface area is 167 Å². The number of para-hydroxylation sites is 2. The van der Waals surface area contributed by atoms with Crippen LogP contribution in [0, 0.1) is 0 Å². The Balaban J connectivity index is 1.29. The summed E-state index contributed by atoms with van der Waals surface area (Å²) in [5.41, 5.74) is 0. The summed E-state index contributed by atoms with van der Waals surface area (Å²) in [6.45, 7) is 2.53. The molecular weight excluding hydrogens is 374 g/mol. The number of anilines is 1. The molecule has 0 aliphatic carbocycles. The van der Waals surface area contributed by atoms with Gasteiger partial charge in [-0.3, -0.25) is 4.79 Å². The van der Waals surface area contributed by atoms with Gasteiger partial charge < -0.3 is 19.3 Å². The van der Waals surface area contributed by atoms with Crippen molar-refractivity contribution < 1.29 is 14.3 Å². The molecule has 10 nitrogen and oxygen atoms in total. The minimum absolute atomic E-state index is 0.0211. The third-order valence-corrected chi connectivity index (χ3v) is 4.67. The van der Waals surface area contributed by atoms with Crippen LogP contribution in [0.15, 0.2) is 49.1 Å². The molecule has 1 saturated heterocycles. The first kappa shape index (κ1) is 18.7. The molecule has 2 aromatic heterocycles. The van der Waals surface area contributed by atoms with E-state index in [2.05, 4.69) is 25.2 Å². The van der Waals surface area contributed by atoms with Gasteiger partial charge in [0.15, 0.2) is 29.7 Å². The first-order valence-corrected chi connectivity index (χ1v) is 9.22. The predicted molar refractivity (Wildman–Crippen MR) is 104 cm³/mol. The number of hydrogen-bond donors (Lipinski definition) is 0. The molecule has 29 heavy (non-hydrogen) atoms. The summed E-state index contributed by atoms with van der Waals surface area (Å²) in [4.78, 5) is 20.3. The van der Waals surface area contributed by atoms with Crippen LogP contribution in [0.25, 0.3) is 5.82 Å². The van der Waals surface area contributed by atoms with Gasteiger partial charge in [0.05, 0.1) is 7.11 Å². The van der Waals surface area contributed by atoms with Crippen molar-refractivity contribution in [2.45, 2.75) is 0 Å². The number of amides is 1. The van der Waals surface area contributed by atoms with Gasteiger partial charge in [-0.1, -0.05) is 12.1 Å². The van der Waals surface area contributed by atoms with Gasteiger partial charge in [-0.2, -0.15) is 5.10 Å². The number of benzene rings is 1. The number of hydrogen-bond acceptors (Lipinski definition) is 8. The molecule has 3 aromatic rings. The van der Waals surface area contributed by atoms with Crippen LogP contribution in [-0.2, 0) is 4.79 Å². The topological polar surface area (TPSA) is 98.5 Å². The van der Waals surface area contributed by atoms with E-state index >= 15 is 0 Å². The van der Waals surface area contributed by atoms with E-state index in [4.69, 9.17) is 9.47 Å². The molecule has 3 heterocycles. The maximum Gasteiger partial charge on any atom is 0.260 e.